The largest absolute Gasteiger partial charge is 0.368 e. The van der Waals surface area contributed by atoms with Gasteiger partial charge in [0, 0.05) is 52.4 Å². The molecule has 0 radical (unpaired) electrons. The van der Waals surface area contributed by atoms with Gasteiger partial charge >= 0.3 is 0 Å². The zero-order valence-corrected chi connectivity index (χ0v) is 11.2. The monoisotopic (exact) mass is 266 g/mol. The van der Waals surface area contributed by atoms with E-state index in [2.05, 4.69) is 37.4 Å². The highest BCUT2D eigenvalue weighted by Crippen LogP contribution is 1.98. The molecule has 2 heterocycles. The van der Waals surface area contributed by atoms with E-state index in [4.69, 9.17) is 5.73 Å². The minimum absolute atomic E-state index is 0.442. The molecule has 2 aliphatic heterocycles. The molecule has 4 N–H and O–H groups in total. The molecule has 0 unspecified atom stereocenters. The van der Waals surface area contributed by atoms with E-state index in [0.717, 1.165) is 52.4 Å². The van der Waals surface area contributed by atoms with Gasteiger partial charge in [0.1, 0.15) is 0 Å². The summed E-state index contributed by atoms with van der Waals surface area (Å²) in [6.45, 7) is 10.7. The van der Waals surface area contributed by atoms with Crippen molar-refractivity contribution in [1.29, 1.82) is 0 Å². The topological polar surface area (TPSA) is 93.6 Å². The first kappa shape index (κ1) is 13.8. The van der Waals surface area contributed by atoms with Crippen molar-refractivity contribution in [3.8, 4) is 0 Å². The van der Waals surface area contributed by atoms with Gasteiger partial charge in [-0.1, -0.05) is 0 Å². The third kappa shape index (κ3) is 3.90. The molecule has 0 aromatic rings. The van der Waals surface area contributed by atoms with Gasteiger partial charge in [0.2, 0.25) is 11.9 Å². The molecule has 0 amide bonds. The molecule has 19 heavy (non-hydrogen) atoms. The zero-order valence-electron chi connectivity index (χ0n) is 11.2. The van der Waals surface area contributed by atoms with Gasteiger partial charge in [-0.05, 0) is 6.72 Å². The van der Waals surface area contributed by atoms with Crippen LogP contribution in [-0.2, 0) is 0 Å². The van der Waals surface area contributed by atoms with Gasteiger partial charge in [0.15, 0.2) is 0 Å². The number of nitrogens with two attached hydrogens (primary N) is 1. The molecule has 8 nitrogen and oxygen atoms in total. The molecule has 0 aromatic heterocycles. The smallest absolute Gasteiger partial charge is 0.244 e. The summed E-state index contributed by atoms with van der Waals surface area (Å²) >= 11 is 0. The van der Waals surface area contributed by atoms with E-state index in [1.54, 1.807) is 0 Å². The fourth-order valence-electron chi connectivity index (χ4n) is 2.11. The van der Waals surface area contributed by atoms with Crippen LogP contribution < -0.4 is 16.4 Å². The summed E-state index contributed by atoms with van der Waals surface area (Å²) in [7, 11) is 0. The molecule has 2 fully saturated rings. The summed E-state index contributed by atoms with van der Waals surface area (Å²) in [4.78, 5) is 8.00. The molecular weight excluding hydrogens is 244 g/mol. The number of aliphatic imine (C=N–C) groups is 1. The zero-order chi connectivity index (χ0) is 13.5. The molecule has 0 atom stereocenters. The quantitative estimate of drug-likeness (QED) is 0.292. The van der Waals surface area contributed by atoms with Crippen LogP contribution in [0.5, 0.6) is 0 Å². The summed E-state index contributed by atoms with van der Waals surface area (Å²) < 4.78 is 0. The third-order valence-electron chi connectivity index (χ3n) is 3.22. The predicted octanol–water partition coefficient (Wildman–Crippen LogP) is -1.92. The van der Waals surface area contributed by atoms with Crippen molar-refractivity contribution in [1.82, 2.24) is 20.4 Å². The molecule has 2 aliphatic rings. The second kappa shape index (κ2) is 7.05. The lowest BCUT2D eigenvalue weighted by Crippen LogP contribution is -2.49. The average Bonchev–Trinajstić information content (AvgIpc) is 2.49. The molecule has 0 spiro atoms. The summed E-state index contributed by atoms with van der Waals surface area (Å²) in [6.07, 6.45) is 0. The number of nitrogens with zero attached hydrogens (tertiary/aromatic N) is 5. The summed E-state index contributed by atoms with van der Waals surface area (Å²) in [5.41, 5.74) is 5.93. The average molecular weight is 266 g/mol. The molecule has 106 valence electrons. The van der Waals surface area contributed by atoms with Gasteiger partial charge in [-0.15, -0.1) is 10.2 Å². The van der Waals surface area contributed by atoms with Crippen molar-refractivity contribution in [3.05, 3.63) is 0 Å². The molecular formula is C11H22N8. The second-order valence-electron chi connectivity index (χ2n) is 4.49. The Labute approximate surface area is 113 Å². The molecule has 2 saturated heterocycles. The lowest BCUT2D eigenvalue weighted by molar-refractivity contribution is 0.349. The van der Waals surface area contributed by atoms with E-state index in [0.29, 0.717) is 11.9 Å². The molecule has 0 aromatic carbocycles. The molecule has 0 bridgehead atoms. The first-order valence-electron chi connectivity index (χ1n) is 6.60. The number of nitrogens with one attached hydrogen (secondary N) is 2. The SMILES string of the molecule is C=N/C(=N\N=C(/N)N1CCNCC1)N1CCNCC1. The van der Waals surface area contributed by atoms with E-state index in [-0.39, 0.29) is 0 Å². The van der Waals surface area contributed by atoms with Crippen molar-refractivity contribution in [2.75, 3.05) is 52.4 Å². The second-order valence-corrected chi connectivity index (χ2v) is 4.49. The lowest BCUT2D eigenvalue weighted by atomic mass is 10.4. The lowest BCUT2D eigenvalue weighted by Gasteiger charge is -2.28. The Morgan fingerprint density at radius 1 is 0.895 bits per heavy atom. The van der Waals surface area contributed by atoms with Crippen LogP contribution in [-0.4, -0.2) is 80.8 Å². The Kier molecular flexibility index (Phi) is 5.10. The Morgan fingerprint density at radius 2 is 1.42 bits per heavy atom. The van der Waals surface area contributed by atoms with Gasteiger partial charge < -0.3 is 26.2 Å². The third-order valence-corrected chi connectivity index (χ3v) is 3.22. The van der Waals surface area contributed by atoms with E-state index in [9.17, 15) is 0 Å². The van der Waals surface area contributed by atoms with E-state index in [1.807, 2.05) is 4.90 Å². The Morgan fingerprint density at radius 3 is 1.95 bits per heavy atom. The van der Waals surface area contributed by atoms with Crippen LogP contribution in [0.3, 0.4) is 0 Å². The highest BCUT2D eigenvalue weighted by atomic mass is 15.4. The predicted molar refractivity (Wildman–Crippen MR) is 77.5 cm³/mol. The van der Waals surface area contributed by atoms with Crippen LogP contribution in [0.4, 0.5) is 0 Å². The Bertz CT molecular complexity index is 352. The van der Waals surface area contributed by atoms with Gasteiger partial charge in [0.25, 0.3) is 0 Å². The van der Waals surface area contributed by atoms with Crippen LogP contribution in [0, 0.1) is 0 Å². The molecule has 0 aliphatic carbocycles. The van der Waals surface area contributed by atoms with Crippen LogP contribution >= 0.6 is 0 Å². The van der Waals surface area contributed by atoms with Crippen LogP contribution in [0.1, 0.15) is 0 Å². The number of rotatable bonds is 1. The van der Waals surface area contributed by atoms with Gasteiger partial charge in [0.05, 0.1) is 0 Å². The minimum atomic E-state index is 0.442. The number of hydrogen-bond donors (Lipinski definition) is 3. The van der Waals surface area contributed by atoms with Crippen molar-refractivity contribution in [3.63, 3.8) is 0 Å². The van der Waals surface area contributed by atoms with Crippen molar-refractivity contribution >= 4 is 18.6 Å². The maximum atomic E-state index is 5.93. The number of piperazine rings is 2. The summed E-state index contributed by atoms with van der Waals surface area (Å²) in [6, 6.07) is 0. The van der Waals surface area contributed by atoms with Gasteiger partial charge in [-0.3, -0.25) is 0 Å². The molecule has 0 saturated carbocycles. The van der Waals surface area contributed by atoms with Crippen LogP contribution in [0.25, 0.3) is 0 Å². The fraction of sp³-hybridized carbons (Fsp3) is 0.727. The number of guanidine groups is 2. The standard InChI is InChI=1S/C11H22N8/c1-13-11(19-8-4-15-5-9-19)17-16-10(12)18-6-2-14-3-7-18/h14-15H,1-9H2,(H2,12,16)/b17-11+. The Balaban J connectivity index is 1.98. The summed E-state index contributed by atoms with van der Waals surface area (Å²) in [5, 5.41) is 14.7. The molecule has 2 rings (SSSR count). The Hall–Kier alpha value is -1.67. The maximum absolute atomic E-state index is 5.93. The van der Waals surface area contributed by atoms with E-state index < -0.39 is 0 Å². The van der Waals surface area contributed by atoms with Crippen molar-refractivity contribution in [2.24, 2.45) is 20.9 Å². The molecule has 8 heteroatoms. The normalized spacial score (nSPS) is 22.5. The maximum Gasteiger partial charge on any atom is 0.244 e. The number of hydrogen-bond acceptors (Lipinski definition) is 4. The summed E-state index contributed by atoms with van der Waals surface area (Å²) in [5.74, 6) is 0.984. The van der Waals surface area contributed by atoms with E-state index in [1.165, 1.54) is 0 Å². The van der Waals surface area contributed by atoms with Crippen molar-refractivity contribution < 1.29 is 0 Å². The van der Waals surface area contributed by atoms with E-state index >= 15 is 0 Å². The fourth-order valence-corrected chi connectivity index (χ4v) is 2.11. The van der Waals surface area contributed by atoms with Crippen LogP contribution in [0.15, 0.2) is 15.2 Å². The van der Waals surface area contributed by atoms with Crippen LogP contribution in [0.2, 0.25) is 0 Å². The van der Waals surface area contributed by atoms with Gasteiger partial charge in [-0.2, -0.15) is 0 Å². The highest BCUT2D eigenvalue weighted by Gasteiger charge is 2.14. The first-order chi connectivity index (χ1) is 9.31. The highest BCUT2D eigenvalue weighted by molar-refractivity contribution is 5.85. The van der Waals surface area contributed by atoms with Gasteiger partial charge in [-0.25, -0.2) is 4.99 Å². The first-order valence-corrected chi connectivity index (χ1v) is 6.60. The van der Waals surface area contributed by atoms with Crippen molar-refractivity contribution in [2.45, 2.75) is 0 Å². The minimum Gasteiger partial charge on any atom is -0.368 e.